The summed E-state index contributed by atoms with van der Waals surface area (Å²) < 4.78 is 4.89. The van der Waals surface area contributed by atoms with E-state index in [9.17, 15) is 0 Å². The van der Waals surface area contributed by atoms with Crippen LogP contribution in [0, 0.1) is 0 Å². The Morgan fingerprint density at radius 3 is 1.45 bits per heavy atom. The summed E-state index contributed by atoms with van der Waals surface area (Å²) in [4.78, 5) is 4.88. The molecular formula is C58H40N4. The monoisotopic (exact) mass is 792 g/mol. The molecule has 0 radical (unpaired) electrons. The predicted molar refractivity (Wildman–Crippen MR) is 262 cm³/mol. The summed E-state index contributed by atoms with van der Waals surface area (Å²) in [6.45, 7) is 0. The van der Waals surface area contributed by atoms with E-state index < -0.39 is 0 Å². The van der Waals surface area contributed by atoms with Gasteiger partial charge in [-0.1, -0.05) is 152 Å². The Balaban J connectivity index is 1.24. The molecule has 0 spiro atoms. The predicted octanol–water partition coefficient (Wildman–Crippen LogP) is 16.0. The number of rotatable bonds is 8. The average molecular weight is 793 g/mol. The van der Waals surface area contributed by atoms with Crippen LogP contribution in [0.3, 0.4) is 0 Å². The van der Waals surface area contributed by atoms with Gasteiger partial charge in [-0.25, -0.2) is 0 Å². The fourth-order valence-electron chi connectivity index (χ4n) is 9.57. The lowest BCUT2D eigenvalue weighted by atomic mass is 10.0. The van der Waals surface area contributed by atoms with Gasteiger partial charge in [0.25, 0.3) is 0 Å². The van der Waals surface area contributed by atoms with Crippen LogP contribution in [0.4, 0.5) is 34.1 Å². The van der Waals surface area contributed by atoms with Gasteiger partial charge < -0.3 is 18.9 Å². The molecule has 0 saturated carbocycles. The highest BCUT2D eigenvalue weighted by Gasteiger charge is 2.27. The van der Waals surface area contributed by atoms with Gasteiger partial charge in [0.1, 0.15) is 0 Å². The van der Waals surface area contributed by atoms with E-state index in [-0.39, 0.29) is 0 Å². The molecule has 0 amide bonds. The summed E-state index contributed by atoms with van der Waals surface area (Å²) in [5.41, 5.74) is 13.2. The van der Waals surface area contributed by atoms with Crippen molar-refractivity contribution >= 4 is 88.5 Å². The molecule has 0 fully saturated rings. The molecule has 0 bridgehead atoms. The Labute approximate surface area is 360 Å². The SMILES string of the molecule is c1ccc(N(c2ccccc2)c2cc(N(c3ccccc3)c3cccc4c5ccccc5n(-c5ccccc5)c34)cc3c2c2ccccc2n3-c2ccc3ccccc3c2)cc1. The highest BCUT2D eigenvalue weighted by atomic mass is 15.2. The van der Waals surface area contributed by atoms with Crippen LogP contribution in [-0.2, 0) is 0 Å². The van der Waals surface area contributed by atoms with Crippen molar-refractivity contribution in [3.8, 4) is 11.4 Å². The third-order valence-electron chi connectivity index (χ3n) is 12.2. The number of para-hydroxylation sites is 7. The van der Waals surface area contributed by atoms with E-state index in [4.69, 9.17) is 0 Å². The van der Waals surface area contributed by atoms with E-state index in [1.54, 1.807) is 0 Å². The first kappa shape index (κ1) is 35.6. The smallest absolute Gasteiger partial charge is 0.0782 e. The van der Waals surface area contributed by atoms with Gasteiger partial charge in [-0.2, -0.15) is 0 Å². The highest BCUT2D eigenvalue weighted by molar-refractivity contribution is 6.19. The van der Waals surface area contributed by atoms with E-state index in [0.717, 1.165) is 62.0 Å². The van der Waals surface area contributed by atoms with Crippen LogP contribution in [0.2, 0.25) is 0 Å². The van der Waals surface area contributed by atoms with E-state index >= 15 is 0 Å². The second-order valence-electron chi connectivity index (χ2n) is 15.8. The van der Waals surface area contributed by atoms with Gasteiger partial charge in [-0.15, -0.1) is 0 Å². The maximum Gasteiger partial charge on any atom is 0.0782 e. The summed E-state index contributed by atoms with van der Waals surface area (Å²) in [5, 5.41) is 7.20. The van der Waals surface area contributed by atoms with Crippen molar-refractivity contribution in [3.63, 3.8) is 0 Å². The molecule has 0 atom stereocenters. The average Bonchev–Trinajstić information content (AvgIpc) is 3.86. The van der Waals surface area contributed by atoms with Crippen LogP contribution in [0.25, 0.3) is 65.8 Å². The summed E-state index contributed by atoms with van der Waals surface area (Å²) in [5.74, 6) is 0. The maximum atomic E-state index is 2.46. The van der Waals surface area contributed by atoms with Gasteiger partial charge >= 0.3 is 0 Å². The van der Waals surface area contributed by atoms with E-state index in [1.807, 2.05) is 0 Å². The summed E-state index contributed by atoms with van der Waals surface area (Å²) in [6, 6.07) is 87.8. The number of hydrogen-bond donors (Lipinski definition) is 0. The number of fused-ring (bicyclic) bond motifs is 7. The normalized spacial score (nSPS) is 11.5. The molecule has 0 aliphatic carbocycles. The van der Waals surface area contributed by atoms with Crippen LogP contribution in [0.1, 0.15) is 0 Å². The zero-order valence-electron chi connectivity index (χ0n) is 33.9. The van der Waals surface area contributed by atoms with Crippen molar-refractivity contribution in [3.05, 3.63) is 243 Å². The molecule has 4 heteroatoms. The van der Waals surface area contributed by atoms with Gasteiger partial charge in [0.15, 0.2) is 0 Å². The van der Waals surface area contributed by atoms with Crippen molar-refractivity contribution in [2.75, 3.05) is 9.80 Å². The van der Waals surface area contributed by atoms with Crippen LogP contribution in [-0.4, -0.2) is 9.13 Å². The first-order chi connectivity index (χ1) is 30.8. The summed E-state index contributed by atoms with van der Waals surface area (Å²) in [7, 11) is 0. The molecule has 12 aromatic rings. The van der Waals surface area contributed by atoms with E-state index in [0.29, 0.717) is 0 Å². The van der Waals surface area contributed by atoms with Crippen molar-refractivity contribution in [2.45, 2.75) is 0 Å². The lowest BCUT2D eigenvalue weighted by Crippen LogP contribution is -2.14. The summed E-state index contributed by atoms with van der Waals surface area (Å²) in [6.07, 6.45) is 0. The Kier molecular flexibility index (Phi) is 8.46. The molecule has 62 heavy (non-hydrogen) atoms. The molecule has 10 aromatic carbocycles. The zero-order chi connectivity index (χ0) is 41.0. The molecule has 2 aromatic heterocycles. The van der Waals surface area contributed by atoms with Crippen LogP contribution < -0.4 is 9.80 Å². The fraction of sp³-hybridized carbons (Fsp3) is 0. The van der Waals surface area contributed by atoms with Crippen molar-refractivity contribution in [1.82, 2.24) is 9.13 Å². The minimum atomic E-state index is 1.04. The highest BCUT2D eigenvalue weighted by Crippen LogP contribution is 2.50. The third kappa shape index (κ3) is 5.76. The quantitative estimate of drug-likeness (QED) is 0.152. The Morgan fingerprint density at radius 2 is 0.790 bits per heavy atom. The zero-order valence-corrected chi connectivity index (χ0v) is 33.9. The fourth-order valence-corrected chi connectivity index (χ4v) is 9.57. The van der Waals surface area contributed by atoms with Gasteiger partial charge in [-0.3, -0.25) is 0 Å². The van der Waals surface area contributed by atoms with Gasteiger partial charge in [0, 0.05) is 50.0 Å². The Morgan fingerprint density at radius 1 is 0.274 bits per heavy atom. The van der Waals surface area contributed by atoms with E-state index in [2.05, 4.69) is 262 Å². The Bertz CT molecular complexity index is 3530. The second-order valence-corrected chi connectivity index (χ2v) is 15.8. The number of benzene rings is 10. The second kappa shape index (κ2) is 14.7. The van der Waals surface area contributed by atoms with Crippen molar-refractivity contribution < 1.29 is 0 Å². The molecule has 0 aliphatic rings. The first-order valence-electron chi connectivity index (χ1n) is 21.2. The maximum absolute atomic E-state index is 2.46. The lowest BCUT2D eigenvalue weighted by molar-refractivity contribution is 1.16. The van der Waals surface area contributed by atoms with Crippen molar-refractivity contribution in [1.29, 1.82) is 0 Å². The van der Waals surface area contributed by atoms with Crippen molar-refractivity contribution in [2.24, 2.45) is 0 Å². The number of hydrogen-bond acceptors (Lipinski definition) is 2. The van der Waals surface area contributed by atoms with Gasteiger partial charge in [-0.05, 0) is 102 Å². The number of nitrogens with zero attached hydrogens (tertiary/aromatic N) is 4. The van der Waals surface area contributed by atoms with Crippen LogP contribution in [0.5, 0.6) is 0 Å². The van der Waals surface area contributed by atoms with Gasteiger partial charge in [0.05, 0.1) is 39.1 Å². The Hall–Kier alpha value is -8.34. The molecular weight excluding hydrogens is 753 g/mol. The third-order valence-corrected chi connectivity index (χ3v) is 12.2. The summed E-state index contributed by atoms with van der Waals surface area (Å²) >= 11 is 0. The molecule has 2 heterocycles. The largest absolute Gasteiger partial charge is 0.310 e. The molecule has 0 N–H and O–H groups in total. The van der Waals surface area contributed by atoms with E-state index in [1.165, 1.54) is 37.8 Å². The molecule has 0 unspecified atom stereocenters. The standard InChI is InChI=1S/C58H40N4/c1-5-22-43(23-6-1)59(44-24-7-2-8-25-44)55-39-48(40-56-57(55)51-31-16-18-34-53(51)61(56)47-37-36-41-20-13-14-21-42(41)38-47)60(45-26-9-3-10-27-45)54-35-19-32-50-49-30-15-17-33-52(49)62(58(50)54)46-28-11-4-12-29-46/h1-40H. The first-order valence-corrected chi connectivity index (χ1v) is 21.2. The topological polar surface area (TPSA) is 16.3 Å². The molecule has 12 rings (SSSR count). The number of anilines is 6. The molecule has 4 nitrogen and oxygen atoms in total. The van der Waals surface area contributed by atoms with Crippen LogP contribution in [0.15, 0.2) is 243 Å². The minimum absolute atomic E-state index is 1.04. The van der Waals surface area contributed by atoms with Gasteiger partial charge in [0.2, 0.25) is 0 Å². The minimum Gasteiger partial charge on any atom is -0.310 e. The number of aromatic nitrogens is 2. The molecule has 292 valence electrons. The molecule has 0 aliphatic heterocycles. The molecule has 0 saturated heterocycles. The lowest BCUT2D eigenvalue weighted by Gasteiger charge is -2.31. The van der Waals surface area contributed by atoms with Crippen LogP contribution >= 0.6 is 0 Å².